The van der Waals surface area contributed by atoms with Gasteiger partial charge in [0.2, 0.25) is 0 Å². The van der Waals surface area contributed by atoms with Crippen molar-refractivity contribution in [1.82, 2.24) is 0 Å². The summed E-state index contributed by atoms with van der Waals surface area (Å²) < 4.78 is 0. The van der Waals surface area contributed by atoms with Gasteiger partial charge in [-0.15, -0.1) is 0 Å². The van der Waals surface area contributed by atoms with E-state index in [-0.39, 0.29) is 0 Å². The minimum Gasteiger partial charge on any atom is -0.266 e. The molecule has 0 aliphatic carbocycles. The molecule has 0 unspecified atom stereocenters. The maximum atomic E-state index is 4.21. The molecule has 0 saturated carbocycles. The van der Waals surface area contributed by atoms with E-state index in [2.05, 4.69) is 30.4 Å². The van der Waals surface area contributed by atoms with Crippen molar-refractivity contribution < 1.29 is 0 Å². The van der Waals surface area contributed by atoms with E-state index < -0.39 is 0 Å². The van der Waals surface area contributed by atoms with E-state index in [0.29, 0.717) is 5.92 Å². The number of aliphatic imine (C=N–C) groups is 2. The van der Waals surface area contributed by atoms with Crippen LogP contribution in [0.3, 0.4) is 0 Å². The van der Waals surface area contributed by atoms with Gasteiger partial charge in [-0.25, -0.2) is 0 Å². The summed E-state index contributed by atoms with van der Waals surface area (Å²) in [6.07, 6.45) is 6.89. The number of hydrogen-bond donors (Lipinski definition) is 0. The molecule has 66 valence electrons. The molecule has 0 fully saturated rings. The van der Waals surface area contributed by atoms with Gasteiger partial charge in [-0.2, -0.15) is 0 Å². The topological polar surface area (TPSA) is 24.7 Å². The zero-order valence-corrected chi connectivity index (χ0v) is 7.99. The van der Waals surface area contributed by atoms with E-state index in [9.17, 15) is 0 Å². The van der Waals surface area contributed by atoms with Crippen LogP contribution in [0.15, 0.2) is 34.5 Å². The van der Waals surface area contributed by atoms with E-state index in [4.69, 9.17) is 0 Å². The molecule has 0 bridgehead atoms. The van der Waals surface area contributed by atoms with Crippen LogP contribution in [0.5, 0.6) is 0 Å². The van der Waals surface area contributed by atoms with Crippen LogP contribution in [0, 0.1) is 5.92 Å². The highest BCUT2D eigenvalue weighted by atomic mass is 14.7. The molecule has 0 atom stereocenters. The summed E-state index contributed by atoms with van der Waals surface area (Å²) in [6.45, 7) is 9.58. The third kappa shape index (κ3) is 4.61. The molecule has 0 spiro atoms. The summed E-state index contributed by atoms with van der Waals surface area (Å²) in [5.74, 6) is 0.428. The lowest BCUT2D eigenvalue weighted by atomic mass is 10.1. The minimum atomic E-state index is 0.428. The van der Waals surface area contributed by atoms with Crippen molar-refractivity contribution in [2.45, 2.75) is 20.8 Å². The lowest BCUT2D eigenvalue weighted by Crippen LogP contribution is -1.91. The lowest BCUT2D eigenvalue weighted by molar-refractivity contribution is 0.761. The number of nitrogens with zero attached hydrogens (tertiary/aromatic N) is 2. The van der Waals surface area contributed by atoms with E-state index in [0.717, 1.165) is 5.70 Å². The predicted molar refractivity (Wildman–Crippen MR) is 55.8 cm³/mol. The molecule has 0 aliphatic rings. The lowest BCUT2D eigenvalue weighted by Gasteiger charge is -2.02. The van der Waals surface area contributed by atoms with Crippen LogP contribution in [0.25, 0.3) is 0 Å². The van der Waals surface area contributed by atoms with Gasteiger partial charge in [0.15, 0.2) is 0 Å². The molecule has 0 amide bonds. The second kappa shape index (κ2) is 6.53. The van der Waals surface area contributed by atoms with Gasteiger partial charge in [0.05, 0.1) is 0 Å². The Bertz CT molecular complexity index is 210. The van der Waals surface area contributed by atoms with Crippen LogP contribution >= 0.6 is 0 Å². The Kier molecular flexibility index (Phi) is 5.88. The highest BCUT2D eigenvalue weighted by molar-refractivity contribution is 5.73. The molecule has 2 nitrogen and oxygen atoms in total. The fraction of sp³-hybridized carbons (Fsp3) is 0.400. The van der Waals surface area contributed by atoms with Crippen LogP contribution < -0.4 is 0 Å². The van der Waals surface area contributed by atoms with E-state index in [1.54, 1.807) is 12.4 Å². The van der Waals surface area contributed by atoms with Crippen LogP contribution in [-0.4, -0.2) is 12.4 Å². The van der Waals surface area contributed by atoms with Crippen molar-refractivity contribution in [2.24, 2.45) is 15.9 Å². The Labute approximate surface area is 74.4 Å². The van der Waals surface area contributed by atoms with Gasteiger partial charge in [0.1, 0.15) is 0 Å². The van der Waals surface area contributed by atoms with E-state index in [1.807, 2.05) is 13.0 Å². The fourth-order valence-electron chi connectivity index (χ4n) is 0.714. The third-order valence-corrected chi connectivity index (χ3v) is 1.31. The molecule has 0 N–H and O–H groups in total. The second-order valence-electron chi connectivity index (χ2n) is 2.61. The smallest absolute Gasteiger partial charge is 0.0440 e. The first kappa shape index (κ1) is 10.8. The highest BCUT2D eigenvalue weighted by Crippen LogP contribution is 2.08. The van der Waals surface area contributed by atoms with Gasteiger partial charge in [-0.05, 0) is 18.9 Å². The quantitative estimate of drug-likeness (QED) is 0.571. The molecule has 0 rings (SSSR count). The van der Waals surface area contributed by atoms with Gasteiger partial charge >= 0.3 is 0 Å². The Balaban J connectivity index is 4.38. The Morgan fingerprint density at radius 3 is 2.50 bits per heavy atom. The maximum absolute atomic E-state index is 4.21. The van der Waals surface area contributed by atoms with Crippen molar-refractivity contribution in [3.8, 4) is 0 Å². The van der Waals surface area contributed by atoms with Crippen LogP contribution in [0.2, 0.25) is 0 Å². The highest BCUT2D eigenvalue weighted by Gasteiger charge is 1.97. The first-order valence-electron chi connectivity index (χ1n) is 4.05. The Hall–Kier alpha value is -1.18. The molecule has 0 heterocycles. The minimum absolute atomic E-state index is 0.428. The predicted octanol–water partition coefficient (Wildman–Crippen LogP) is 2.83. The first-order chi connectivity index (χ1) is 5.72. The van der Waals surface area contributed by atoms with E-state index >= 15 is 0 Å². The van der Waals surface area contributed by atoms with Crippen LogP contribution in [0.4, 0.5) is 0 Å². The summed E-state index contributed by atoms with van der Waals surface area (Å²) in [7, 11) is 0. The molecule has 0 aromatic carbocycles. The Morgan fingerprint density at radius 2 is 2.08 bits per heavy atom. The van der Waals surface area contributed by atoms with Crippen LogP contribution in [-0.2, 0) is 0 Å². The summed E-state index contributed by atoms with van der Waals surface area (Å²) in [4.78, 5) is 8.07. The van der Waals surface area contributed by atoms with Crippen LogP contribution in [0.1, 0.15) is 20.8 Å². The summed E-state index contributed by atoms with van der Waals surface area (Å²) >= 11 is 0. The van der Waals surface area contributed by atoms with Crippen molar-refractivity contribution >= 4 is 12.4 Å². The molecule has 0 radical (unpaired) electrons. The largest absolute Gasteiger partial charge is 0.266 e. The number of rotatable bonds is 4. The normalized spacial score (nSPS) is 13.5. The molecule has 12 heavy (non-hydrogen) atoms. The SMILES string of the molecule is C=C\N=C/C=C(\N=C\C)C(C)C. The van der Waals surface area contributed by atoms with E-state index in [1.165, 1.54) is 6.20 Å². The molecule has 0 saturated heterocycles. The molecule has 0 aromatic rings. The third-order valence-electron chi connectivity index (χ3n) is 1.31. The molecular formula is C10H16N2. The zero-order chi connectivity index (χ0) is 9.40. The molecule has 0 aliphatic heterocycles. The van der Waals surface area contributed by atoms with Gasteiger partial charge in [-0.1, -0.05) is 20.4 Å². The first-order valence-corrected chi connectivity index (χ1v) is 4.05. The van der Waals surface area contributed by atoms with Gasteiger partial charge in [0, 0.05) is 24.3 Å². The summed E-state index contributed by atoms with van der Waals surface area (Å²) in [5, 5.41) is 0. The van der Waals surface area contributed by atoms with Gasteiger partial charge in [0.25, 0.3) is 0 Å². The molecule has 0 aromatic heterocycles. The molecule has 2 heteroatoms. The maximum Gasteiger partial charge on any atom is 0.0440 e. The average molecular weight is 164 g/mol. The fourth-order valence-corrected chi connectivity index (χ4v) is 0.714. The van der Waals surface area contributed by atoms with Crippen molar-refractivity contribution in [3.05, 3.63) is 24.6 Å². The Morgan fingerprint density at radius 1 is 1.42 bits per heavy atom. The van der Waals surface area contributed by atoms with Crippen molar-refractivity contribution in [2.75, 3.05) is 0 Å². The van der Waals surface area contributed by atoms with Crippen molar-refractivity contribution in [3.63, 3.8) is 0 Å². The molecular weight excluding hydrogens is 148 g/mol. The van der Waals surface area contributed by atoms with Gasteiger partial charge < -0.3 is 0 Å². The number of hydrogen-bond acceptors (Lipinski definition) is 2. The number of allylic oxidation sites excluding steroid dienone is 2. The van der Waals surface area contributed by atoms with Crippen molar-refractivity contribution in [1.29, 1.82) is 0 Å². The summed E-state index contributed by atoms with van der Waals surface area (Å²) in [6, 6.07) is 0. The summed E-state index contributed by atoms with van der Waals surface area (Å²) in [5.41, 5.74) is 1.03. The second-order valence-corrected chi connectivity index (χ2v) is 2.61. The monoisotopic (exact) mass is 164 g/mol. The average Bonchev–Trinajstić information content (AvgIpc) is 2.03. The standard InChI is InChI=1S/C10H16N2/c1-5-11-8-7-10(9(3)4)12-6-2/h5-9H,1H2,2-4H3/b10-7-,11-8-,12-6+. The zero-order valence-electron chi connectivity index (χ0n) is 7.99. The van der Waals surface area contributed by atoms with Gasteiger partial charge in [-0.3, -0.25) is 9.98 Å².